The van der Waals surface area contributed by atoms with Gasteiger partial charge < -0.3 is 18.9 Å². The number of nitrogens with one attached hydrogen (secondary N) is 1. The highest BCUT2D eigenvalue weighted by Crippen LogP contribution is 2.30. The van der Waals surface area contributed by atoms with E-state index in [9.17, 15) is 14.4 Å². The number of imide groups is 1. The number of thioether (sulfide) groups is 1. The van der Waals surface area contributed by atoms with E-state index in [1.807, 2.05) is 18.2 Å². The molecule has 1 unspecified atom stereocenters. The van der Waals surface area contributed by atoms with Gasteiger partial charge in [0.2, 0.25) is 5.91 Å². The molecule has 37 heavy (non-hydrogen) atoms. The van der Waals surface area contributed by atoms with Crippen molar-refractivity contribution in [2.45, 2.75) is 11.7 Å². The summed E-state index contributed by atoms with van der Waals surface area (Å²) in [5.41, 5.74) is 2.59. The van der Waals surface area contributed by atoms with Crippen LogP contribution in [0.5, 0.6) is 23.0 Å². The molecule has 0 aliphatic carbocycles. The van der Waals surface area contributed by atoms with Crippen molar-refractivity contribution in [3.63, 3.8) is 0 Å². The van der Waals surface area contributed by atoms with Crippen LogP contribution in [-0.2, 0) is 20.7 Å². The molecule has 3 aromatic rings. The van der Waals surface area contributed by atoms with Gasteiger partial charge in [0.05, 0.1) is 32.2 Å². The molecular weight excluding hydrogens is 494 g/mol. The van der Waals surface area contributed by atoms with Crippen LogP contribution in [-0.4, -0.2) is 43.7 Å². The van der Waals surface area contributed by atoms with Crippen molar-refractivity contribution in [1.29, 1.82) is 0 Å². The van der Waals surface area contributed by atoms with Crippen molar-refractivity contribution in [2.24, 2.45) is 0 Å². The van der Waals surface area contributed by atoms with Crippen molar-refractivity contribution in [1.82, 2.24) is 5.32 Å². The van der Waals surface area contributed by atoms with Gasteiger partial charge in [0.25, 0.3) is 5.24 Å². The first kappa shape index (κ1) is 25.8. The monoisotopic (exact) mass is 519 g/mol. The first-order chi connectivity index (χ1) is 17.9. The molecule has 0 aromatic heterocycles. The van der Waals surface area contributed by atoms with Crippen LogP contribution in [0.15, 0.2) is 66.7 Å². The number of hydrogen-bond donors (Lipinski definition) is 1. The highest BCUT2D eigenvalue weighted by Gasteiger charge is 2.31. The molecule has 2 amide bonds. The van der Waals surface area contributed by atoms with Crippen LogP contribution in [0.4, 0.5) is 4.79 Å². The first-order valence-electron chi connectivity index (χ1n) is 11.3. The third-order valence-corrected chi connectivity index (χ3v) is 6.56. The lowest BCUT2D eigenvalue weighted by atomic mass is 10.0. The summed E-state index contributed by atoms with van der Waals surface area (Å²) in [4.78, 5) is 35.9. The first-order valence-corrected chi connectivity index (χ1v) is 12.2. The Morgan fingerprint density at radius 1 is 0.892 bits per heavy atom. The molecule has 3 aromatic carbocycles. The van der Waals surface area contributed by atoms with E-state index in [0.29, 0.717) is 46.1 Å². The van der Waals surface area contributed by atoms with E-state index in [1.165, 1.54) is 7.11 Å². The van der Waals surface area contributed by atoms with Crippen molar-refractivity contribution in [3.8, 4) is 23.0 Å². The SMILES string of the molecule is COC(=O)C(=Cc1cc(OC)cc(OC)c1)c1ccc(Oc2cccc(CC3SC(=O)NC3=O)c2)cc1. The topological polar surface area (TPSA) is 100 Å². The van der Waals surface area contributed by atoms with Gasteiger partial charge in [-0.3, -0.25) is 14.9 Å². The Morgan fingerprint density at radius 2 is 1.59 bits per heavy atom. The predicted molar refractivity (Wildman–Crippen MR) is 141 cm³/mol. The molecule has 1 aliphatic heterocycles. The van der Waals surface area contributed by atoms with Crippen molar-refractivity contribution in [3.05, 3.63) is 83.4 Å². The fourth-order valence-electron chi connectivity index (χ4n) is 3.77. The van der Waals surface area contributed by atoms with Crippen LogP contribution >= 0.6 is 11.8 Å². The van der Waals surface area contributed by atoms with Crippen LogP contribution in [0.3, 0.4) is 0 Å². The highest BCUT2D eigenvalue weighted by molar-refractivity contribution is 8.15. The second kappa shape index (κ2) is 11.7. The van der Waals surface area contributed by atoms with E-state index >= 15 is 0 Å². The summed E-state index contributed by atoms with van der Waals surface area (Å²) in [6.45, 7) is 0. The molecule has 1 atom stereocenters. The summed E-state index contributed by atoms with van der Waals surface area (Å²) in [5.74, 6) is 1.58. The van der Waals surface area contributed by atoms with Gasteiger partial charge in [-0.1, -0.05) is 36.0 Å². The van der Waals surface area contributed by atoms with E-state index in [4.69, 9.17) is 18.9 Å². The van der Waals surface area contributed by atoms with E-state index in [2.05, 4.69) is 5.32 Å². The molecule has 0 spiro atoms. The molecule has 0 saturated carbocycles. The summed E-state index contributed by atoms with van der Waals surface area (Å²) in [5, 5.41) is 1.52. The van der Waals surface area contributed by atoms with Gasteiger partial charge in [-0.05, 0) is 65.6 Å². The molecule has 1 heterocycles. The number of methoxy groups -OCH3 is 3. The maximum Gasteiger partial charge on any atom is 0.338 e. The van der Waals surface area contributed by atoms with E-state index in [0.717, 1.165) is 17.3 Å². The van der Waals surface area contributed by atoms with Gasteiger partial charge in [-0.15, -0.1) is 0 Å². The third kappa shape index (κ3) is 6.50. The molecule has 4 rings (SSSR count). The number of amides is 2. The van der Waals surface area contributed by atoms with Crippen LogP contribution in [0.25, 0.3) is 11.6 Å². The average molecular weight is 520 g/mol. The van der Waals surface area contributed by atoms with Crippen molar-refractivity contribution >= 4 is 40.5 Å². The van der Waals surface area contributed by atoms with Gasteiger partial charge in [0.1, 0.15) is 23.0 Å². The van der Waals surface area contributed by atoms with Crippen molar-refractivity contribution < 1.29 is 33.3 Å². The molecule has 1 N–H and O–H groups in total. The van der Waals surface area contributed by atoms with Gasteiger partial charge >= 0.3 is 5.97 Å². The molecular formula is C28H25NO7S. The zero-order valence-corrected chi connectivity index (χ0v) is 21.3. The van der Waals surface area contributed by atoms with Gasteiger partial charge in [0, 0.05) is 6.07 Å². The lowest BCUT2D eigenvalue weighted by Crippen LogP contribution is -2.25. The lowest BCUT2D eigenvalue weighted by molar-refractivity contribution is -0.133. The quantitative estimate of drug-likeness (QED) is 0.237. The normalized spacial score (nSPS) is 15.2. The second-order valence-electron chi connectivity index (χ2n) is 8.06. The minimum atomic E-state index is -0.490. The number of esters is 1. The summed E-state index contributed by atoms with van der Waals surface area (Å²) >= 11 is 0.994. The van der Waals surface area contributed by atoms with E-state index in [1.54, 1.807) is 68.8 Å². The largest absolute Gasteiger partial charge is 0.497 e. The maximum absolute atomic E-state index is 12.6. The molecule has 0 bridgehead atoms. The summed E-state index contributed by atoms with van der Waals surface area (Å²) in [6.07, 6.45) is 2.12. The van der Waals surface area contributed by atoms with Crippen LogP contribution in [0.1, 0.15) is 16.7 Å². The van der Waals surface area contributed by atoms with E-state index in [-0.39, 0.29) is 11.1 Å². The summed E-state index contributed by atoms with van der Waals surface area (Å²) in [6, 6.07) is 19.7. The predicted octanol–water partition coefficient (Wildman–Crippen LogP) is 5.10. The standard InChI is InChI=1S/C28H25NO7S/c1-33-22-12-18(13-23(16-22)34-2)14-24(27(31)35-3)19-7-9-20(10-8-19)36-21-6-4-5-17(11-21)15-25-26(30)29-28(32)37-25/h4-14,16,25H,15H2,1-3H3,(H,29,30,32). The van der Waals surface area contributed by atoms with Crippen LogP contribution < -0.4 is 19.5 Å². The van der Waals surface area contributed by atoms with Crippen molar-refractivity contribution in [2.75, 3.05) is 21.3 Å². The zero-order valence-electron chi connectivity index (χ0n) is 20.5. The Balaban J connectivity index is 1.53. The number of carbonyl (C=O) groups excluding carboxylic acids is 3. The minimum absolute atomic E-state index is 0.279. The lowest BCUT2D eigenvalue weighted by Gasteiger charge is -2.11. The number of hydrogen-bond acceptors (Lipinski definition) is 8. The highest BCUT2D eigenvalue weighted by atomic mass is 32.2. The van der Waals surface area contributed by atoms with Gasteiger partial charge in [0.15, 0.2) is 0 Å². The molecule has 1 fully saturated rings. The van der Waals surface area contributed by atoms with E-state index < -0.39 is 11.2 Å². The Labute approximate surface area is 218 Å². The molecule has 8 nitrogen and oxygen atoms in total. The third-order valence-electron chi connectivity index (χ3n) is 5.58. The fraction of sp³-hybridized carbons (Fsp3) is 0.179. The molecule has 1 saturated heterocycles. The van der Waals surface area contributed by atoms with Gasteiger partial charge in [-0.25, -0.2) is 4.79 Å². The maximum atomic E-state index is 12.6. The molecule has 9 heteroatoms. The summed E-state index contributed by atoms with van der Waals surface area (Å²) in [7, 11) is 4.45. The summed E-state index contributed by atoms with van der Waals surface area (Å²) < 4.78 is 21.6. The fourth-order valence-corrected chi connectivity index (χ4v) is 4.63. The number of ether oxygens (including phenoxy) is 4. The average Bonchev–Trinajstić information content (AvgIpc) is 3.23. The Bertz CT molecular complexity index is 1330. The second-order valence-corrected chi connectivity index (χ2v) is 9.23. The molecule has 190 valence electrons. The van der Waals surface area contributed by atoms with Crippen LogP contribution in [0.2, 0.25) is 0 Å². The molecule has 1 aliphatic rings. The zero-order chi connectivity index (χ0) is 26.4. The van der Waals surface area contributed by atoms with Crippen LogP contribution in [0, 0.1) is 0 Å². The molecule has 0 radical (unpaired) electrons. The smallest absolute Gasteiger partial charge is 0.338 e. The van der Waals surface area contributed by atoms with Gasteiger partial charge in [-0.2, -0.15) is 0 Å². The number of rotatable bonds is 9. The Morgan fingerprint density at radius 3 is 2.19 bits per heavy atom. The Hall–Kier alpha value is -4.24. The number of benzene rings is 3. The number of carbonyl (C=O) groups is 3. The Kier molecular flexibility index (Phi) is 8.15. The minimum Gasteiger partial charge on any atom is -0.497 e.